The maximum atomic E-state index is 12.9. The van der Waals surface area contributed by atoms with E-state index < -0.39 is 17.6 Å². The first-order valence-corrected chi connectivity index (χ1v) is 9.73. The lowest BCUT2D eigenvalue weighted by atomic mass is 10.1. The fourth-order valence-corrected chi connectivity index (χ4v) is 3.34. The van der Waals surface area contributed by atoms with Crippen molar-refractivity contribution >= 4 is 34.6 Å². The van der Waals surface area contributed by atoms with Gasteiger partial charge in [0.15, 0.2) is 0 Å². The van der Waals surface area contributed by atoms with Crippen LogP contribution < -0.4 is 16.0 Å². The number of amides is 3. The van der Waals surface area contributed by atoms with E-state index in [2.05, 4.69) is 20.9 Å². The lowest BCUT2D eigenvalue weighted by Gasteiger charge is -2.08. The van der Waals surface area contributed by atoms with Crippen LogP contribution in [0.2, 0.25) is 0 Å². The predicted octanol–water partition coefficient (Wildman–Crippen LogP) is 5.22. The Morgan fingerprint density at radius 3 is 2.43 bits per heavy atom. The zero-order chi connectivity index (χ0) is 21.7. The number of thiazole rings is 1. The van der Waals surface area contributed by atoms with Crippen molar-refractivity contribution < 1.29 is 22.8 Å². The molecule has 0 aliphatic rings. The molecule has 30 heavy (non-hydrogen) atoms. The number of urea groups is 1. The SMILES string of the molecule is CCNC(=O)Nc1cccc(NC(=O)c2csc(-c3cccc(C(F)(F)F)c3)n2)c1. The number of nitrogens with zero attached hydrogens (tertiary/aromatic N) is 1. The van der Waals surface area contributed by atoms with Crippen molar-refractivity contribution in [2.75, 3.05) is 17.2 Å². The Balaban J connectivity index is 1.72. The van der Waals surface area contributed by atoms with Crippen molar-refractivity contribution in [3.05, 3.63) is 65.2 Å². The molecule has 0 atom stereocenters. The van der Waals surface area contributed by atoms with E-state index in [0.29, 0.717) is 22.9 Å². The number of anilines is 2. The first-order chi connectivity index (χ1) is 14.3. The minimum atomic E-state index is -4.46. The maximum Gasteiger partial charge on any atom is 0.416 e. The van der Waals surface area contributed by atoms with Gasteiger partial charge < -0.3 is 16.0 Å². The molecule has 6 nitrogen and oxygen atoms in total. The van der Waals surface area contributed by atoms with Gasteiger partial charge in [-0.15, -0.1) is 11.3 Å². The minimum Gasteiger partial charge on any atom is -0.338 e. The van der Waals surface area contributed by atoms with Gasteiger partial charge in [0.05, 0.1) is 5.56 Å². The molecule has 0 saturated heterocycles. The number of hydrogen-bond acceptors (Lipinski definition) is 4. The second-order valence-electron chi connectivity index (χ2n) is 6.14. The van der Waals surface area contributed by atoms with Gasteiger partial charge in [-0.3, -0.25) is 4.79 Å². The number of carbonyl (C=O) groups is 2. The lowest BCUT2D eigenvalue weighted by molar-refractivity contribution is -0.137. The molecular formula is C20H17F3N4O2S. The summed E-state index contributed by atoms with van der Waals surface area (Å²) in [6.07, 6.45) is -4.46. The molecule has 3 amide bonds. The maximum absolute atomic E-state index is 12.9. The van der Waals surface area contributed by atoms with Crippen LogP contribution in [0.15, 0.2) is 53.9 Å². The smallest absolute Gasteiger partial charge is 0.338 e. The van der Waals surface area contributed by atoms with Crippen molar-refractivity contribution in [3.8, 4) is 10.6 Å². The van der Waals surface area contributed by atoms with Crippen molar-refractivity contribution in [2.24, 2.45) is 0 Å². The second-order valence-corrected chi connectivity index (χ2v) is 6.99. The highest BCUT2D eigenvalue weighted by Gasteiger charge is 2.30. The third kappa shape index (κ3) is 5.35. The molecule has 1 aromatic heterocycles. The molecule has 3 N–H and O–H groups in total. The van der Waals surface area contributed by atoms with Gasteiger partial charge in [0.25, 0.3) is 5.91 Å². The molecule has 2 aromatic carbocycles. The quantitative estimate of drug-likeness (QED) is 0.515. The summed E-state index contributed by atoms with van der Waals surface area (Å²) in [5, 5.41) is 9.66. The number of rotatable bonds is 5. The van der Waals surface area contributed by atoms with Gasteiger partial charge in [-0.25, -0.2) is 9.78 Å². The normalized spacial score (nSPS) is 11.1. The predicted molar refractivity (Wildman–Crippen MR) is 110 cm³/mol. The zero-order valence-electron chi connectivity index (χ0n) is 15.7. The molecule has 156 valence electrons. The van der Waals surface area contributed by atoms with Gasteiger partial charge >= 0.3 is 12.2 Å². The topological polar surface area (TPSA) is 83.1 Å². The molecule has 0 spiro atoms. The number of hydrogen-bond donors (Lipinski definition) is 3. The highest BCUT2D eigenvalue weighted by Crippen LogP contribution is 2.33. The van der Waals surface area contributed by atoms with Crippen LogP contribution in [-0.2, 0) is 6.18 Å². The molecule has 0 unspecified atom stereocenters. The fourth-order valence-electron chi connectivity index (χ4n) is 2.54. The summed E-state index contributed by atoms with van der Waals surface area (Å²) in [4.78, 5) is 28.2. The third-order valence-electron chi connectivity index (χ3n) is 3.89. The Labute approximate surface area is 174 Å². The number of aromatic nitrogens is 1. The van der Waals surface area contributed by atoms with Crippen LogP contribution in [0, 0.1) is 0 Å². The number of nitrogens with one attached hydrogen (secondary N) is 3. The molecule has 0 aliphatic carbocycles. The average Bonchev–Trinajstić information content (AvgIpc) is 3.18. The Kier molecular flexibility index (Phi) is 6.36. The van der Waals surface area contributed by atoms with Crippen molar-refractivity contribution in [2.45, 2.75) is 13.1 Å². The number of carbonyl (C=O) groups excluding carboxylic acids is 2. The molecule has 0 saturated carbocycles. The van der Waals surface area contributed by atoms with E-state index in [4.69, 9.17) is 0 Å². The van der Waals surface area contributed by atoms with E-state index in [-0.39, 0.29) is 17.3 Å². The molecule has 0 bridgehead atoms. The van der Waals surface area contributed by atoms with E-state index in [1.165, 1.54) is 17.5 Å². The van der Waals surface area contributed by atoms with E-state index in [0.717, 1.165) is 23.5 Å². The van der Waals surface area contributed by atoms with Gasteiger partial charge in [0, 0.05) is 28.9 Å². The van der Waals surface area contributed by atoms with Crippen molar-refractivity contribution in [1.82, 2.24) is 10.3 Å². The summed E-state index contributed by atoms with van der Waals surface area (Å²) in [5.41, 5.74) is 0.499. The highest BCUT2D eigenvalue weighted by atomic mass is 32.1. The van der Waals surface area contributed by atoms with Crippen molar-refractivity contribution in [3.63, 3.8) is 0 Å². The number of alkyl halides is 3. The van der Waals surface area contributed by atoms with E-state index in [9.17, 15) is 22.8 Å². The summed E-state index contributed by atoms with van der Waals surface area (Å²) in [6.45, 7) is 2.26. The Bertz CT molecular complexity index is 1070. The Morgan fingerprint density at radius 1 is 1.03 bits per heavy atom. The Hall–Kier alpha value is -3.40. The average molecular weight is 434 g/mol. The van der Waals surface area contributed by atoms with Crippen LogP contribution in [0.25, 0.3) is 10.6 Å². The first kappa shape index (κ1) is 21.3. The highest BCUT2D eigenvalue weighted by molar-refractivity contribution is 7.13. The summed E-state index contributed by atoms with van der Waals surface area (Å²) in [7, 11) is 0. The monoisotopic (exact) mass is 434 g/mol. The third-order valence-corrected chi connectivity index (χ3v) is 4.78. The molecule has 3 aromatic rings. The summed E-state index contributed by atoms with van der Waals surface area (Å²) < 4.78 is 38.7. The molecule has 10 heteroatoms. The van der Waals surface area contributed by atoms with Gasteiger partial charge in [0.2, 0.25) is 0 Å². The minimum absolute atomic E-state index is 0.0782. The molecule has 0 fully saturated rings. The first-order valence-electron chi connectivity index (χ1n) is 8.85. The van der Waals surface area contributed by atoms with Crippen LogP contribution in [-0.4, -0.2) is 23.5 Å². The van der Waals surface area contributed by atoms with Crippen molar-refractivity contribution in [1.29, 1.82) is 0 Å². The lowest BCUT2D eigenvalue weighted by Crippen LogP contribution is -2.28. The van der Waals surface area contributed by atoms with Gasteiger partial charge in [0.1, 0.15) is 10.7 Å². The molecular weight excluding hydrogens is 417 g/mol. The van der Waals surface area contributed by atoms with Crippen LogP contribution in [0.5, 0.6) is 0 Å². The fraction of sp³-hybridized carbons (Fsp3) is 0.150. The van der Waals surface area contributed by atoms with Crippen LogP contribution in [0.1, 0.15) is 23.0 Å². The van der Waals surface area contributed by atoms with Gasteiger partial charge in [-0.05, 0) is 37.3 Å². The summed E-state index contributed by atoms with van der Waals surface area (Å²) >= 11 is 1.07. The Morgan fingerprint density at radius 2 is 1.73 bits per heavy atom. The molecule has 0 aliphatic heterocycles. The molecule has 0 radical (unpaired) electrons. The van der Waals surface area contributed by atoms with E-state index in [1.807, 2.05) is 0 Å². The van der Waals surface area contributed by atoms with Crippen LogP contribution in [0.4, 0.5) is 29.3 Å². The molecule has 3 rings (SSSR count). The van der Waals surface area contributed by atoms with Gasteiger partial charge in [-0.1, -0.05) is 18.2 Å². The molecule has 1 heterocycles. The summed E-state index contributed by atoms with van der Waals surface area (Å²) in [5.74, 6) is -0.514. The van der Waals surface area contributed by atoms with E-state index in [1.54, 1.807) is 31.2 Å². The zero-order valence-corrected chi connectivity index (χ0v) is 16.5. The largest absolute Gasteiger partial charge is 0.416 e. The number of halogens is 3. The van der Waals surface area contributed by atoms with Crippen LogP contribution >= 0.6 is 11.3 Å². The second kappa shape index (κ2) is 8.95. The number of benzene rings is 2. The standard InChI is InChI=1S/C20H17F3N4O2S/c1-2-24-19(29)26-15-8-4-7-14(10-15)25-17(28)16-11-30-18(27-16)12-5-3-6-13(9-12)20(21,22)23/h3-11H,2H2,1H3,(H,25,28)(H2,24,26,29). The van der Waals surface area contributed by atoms with E-state index >= 15 is 0 Å². The summed E-state index contributed by atoms with van der Waals surface area (Å²) in [6, 6.07) is 11.0. The van der Waals surface area contributed by atoms with Crippen LogP contribution in [0.3, 0.4) is 0 Å². The van der Waals surface area contributed by atoms with Gasteiger partial charge in [-0.2, -0.15) is 13.2 Å².